The highest BCUT2D eigenvalue weighted by atomic mass is 32.2. The zero-order valence-corrected chi connectivity index (χ0v) is 10.6. The lowest BCUT2D eigenvalue weighted by molar-refractivity contribution is 0.689. The highest BCUT2D eigenvalue weighted by Gasteiger charge is 2.22. The molecule has 1 heterocycles. The molecule has 1 aromatic rings. The molecule has 0 aliphatic heterocycles. The van der Waals surface area contributed by atoms with E-state index in [1.165, 1.54) is 25.7 Å². The van der Waals surface area contributed by atoms with Gasteiger partial charge in [0.2, 0.25) is 0 Å². The van der Waals surface area contributed by atoms with Crippen molar-refractivity contribution in [1.82, 2.24) is 9.78 Å². The second kappa shape index (κ2) is 4.49. The molecule has 2 rings (SSSR count). The maximum atomic E-state index is 7.62. The predicted molar refractivity (Wildman–Crippen MR) is 67.1 cm³/mol. The lowest BCUT2D eigenvalue weighted by Gasteiger charge is -2.10. The number of nitrogen functional groups attached to an aromatic ring is 1. The van der Waals surface area contributed by atoms with Gasteiger partial charge in [-0.15, -0.1) is 11.8 Å². The molecular weight excluding hydrogens is 220 g/mol. The van der Waals surface area contributed by atoms with Crippen molar-refractivity contribution in [3.63, 3.8) is 0 Å². The van der Waals surface area contributed by atoms with Crippen molar-refractivity contribution < 1.29 is 0 Å². The molecule has 0 amide bonds. The van der Waals surface area contributed by atoms with Crippen LogP contribution in [0.15, 0.2) is 5.03 Å². The fraction of sp³-hybridized carbons (Fsp3) is 0.636. The molecule has 3 N–H and O–H groups in total. The largest absolute Gasteiger partial charge is 0.384 e. The van der Waals surface area contributed by atoms with Gasteiger partial charge in [-0.1, -0.05) is 12.8 Å². The summed E-state index contributed by atoms with van der Waals surface area (Å²) in [5.41, 5.74) is 7.30. The van der Waals surface area contributed by atoms with E-state index in [4.69, 9.17) is 11.1 Å². The molecule has 1 aliphatic rings. The Bertz CT molecular complexity index is 404. The Kier molecular flexibility index (Phi) is 3.23. The maximum Gasteiger partial charge on any atom is 0.127 e. The number of nitrogens with two attached hydrogens (primary N) is 1. The molecule has 5 heteroatoms. The van der Waals surface area contributed by atoms with Crippen LogP contribution in [0, 0.1) is 12.3 Å². The van der Waals surface area contributed by atoms with Gasteiger partial charge in [0.25, 0.3) is 0 Å². The number of nitrogens with one attached hydrogen (secondary N) is 1. The van der Waals surface area contributed by atoms with Gasteiger partial charge in [0.1, 0.15) is 10.9 Å². The summed E-state index contributed by atoms with van der Waals surface area (Å²) in [5, 5.41) is 13.7. The van der Waals surface area contributed by atoms with Crippen molar-refractivity contribution in [2.45, 2.75) is 42.9 Å². The number of aryl methyl sites for hydroxylation is 2. The monoisotopic (exact) mass is 238 g/mol. The Morgan fingerprint density at radius 2 is 2.12 bits per heavy atom. The first-order valence-corrected chi connectivity index (χ1v) is 6.52. The van der Waals surface area contributed by atoms with Crippen molar-refractivity contribution in [1.29, 1.82) is 5.41 Å². The topological polar surface area (TPSA) is 67.7 Å². The highest BCUT2D eigenvalue weighted by Crippen LogP contribution is 2.36. The van der Waals surface area contributed by atoms with Gasteiger partial charge in [-0.25, -0.2) is 0 Å². The van der Waals surface area contributed by atoms with E-state index in [9.17, 15) is 0 Å². The lowest BCUT2D eigenvalue weighted by Crippen LogP contribution is -2.13. The number of rotatable bonds is 3. The Hall–Kier alpha value is -0.970. The summed E-state index contributed by atoms with van der Waals surface area (Å²) in [6.07, 6.45) is 5.19. The minimum atomic E-state index is 0.131. The van der Waals surface area contributed by atoms with Gasteiger partial charge in [0.05, 0.1) is 11.3 Å². The molecule has 1 fully saturated rings. The van der Waals surface area contributed by atoms with Crippen molar-refractivity contribution in [2.24, 2.45) is 12.8 Å². The molecule has 0 spiro atoms. The van der Waals surface area contributed by atoms with Gasteiger partial charge < -0.3 is 5.73 Å². The molecule has 0 unspecified atom stereocenters. The third-order valence-electron chi connectivity index (χ3n) is 3.02. The van der Waals surface area contributed by atoms with Crippen molar-refractivity contribution in [3.8, 4) is 0 Å². The number of aromatic nitrogens is 2. The van der Waals surface area contributed by atoms with Crippen molar-refractivity contribution >= 4 is 17.6 Å². The van der Waals surface area contributed by atoms with Crippen molar-refractivity contribution in [3.05, 3.63) is 11.3 Å². The number of nitrogens with zero attached hydrogens (tertiary/aromatic N) is 2. The first-order chi connectivity index (χ1) is 7.59. The minimum Gasteiger partial charge on any atom is -0.384 e. The summed E-state index contributed by atoms with van der Waals surface area (Å²) in [6.45, 7) is 1.91. The average Bonchev–Trinajstić information content (AvgIpc) is 2.76. The van der Waals surface area contributed by atoms with E-state index in [-0.39, 0.29) is 5.84 Å². The van der Waals surface area contributed by atoms with Crippen LogP contribution in [0.3, 0.4) is 0 Å². The fourth-order valence-corrected chi connectivity index (χ4v) is 3.70. The van der Waals surface area contributed by atoms with Crippen molar-refractivity contribution in [2.75, 3.05) is 0 Å². The standard InChI is InChI=1S/C11H18N4S/c1-7-9(10(12)13)11(15(2)14-7)16-8-5-3-4-6-8/h8H,3-6H2,1-2H3,(H3,12,13). The average molecular weight is 238 g/mol. The Morgan fingerprint density at radius 1 is 1.50 bits per heavy atom. The van der Waals surface area contributed by atoms with Crippen LogP contribution in [0.5, 0.6) is 0 Å². The molecule has 1 aliphatic carbocycles. The van der Waals surface area contributed by atoms with Crippen LogP contribution < -0.4 is 5.73 Å². The van der Waals surface area contributed by atoms with Gasteiger partial charge in [-0.3, -0.25) is 10.1 Å². The zero-order chi connectivity index (χ0) is 11.7. The summed E-state index contributed by atoms with van der Waals surface area (Å²) >= 11 is 1.83. The number of hydrogen-bond acceptors (Lipinski definition) is 3. The second-order valence-corrected chi connectivity index (χ2v) is 5.62. The first-order valence-electron chi connectivity index (χ1n) is 5.64. The highest BCUT2D eigenvalue weighted by molar-refractivity contribution is 8.00. The maximum absolute atomic E-state index is 7.62. The molecule has 0 bridgehead atoms. The van der Waals surface area contributed by atoms with Gasteiger partial charge in [0.15, 0.2) is 0 Å². The van der Waals surface area contributed by atoms with E-state index < -0.39 is 0 Å². The summed E-state index contributed by atoms with van der Waals surface area (Å²) in [4.78, 5) is 0. The van der Waals surface area contributed by atoms with E-state index in [2.05, 4.69) is 5.10 Å². The molecular formula is C11H18N4S. The predicted octanol–water partition coefficient (Wildman–Crippen LogP) is 2.05. The van der Waals surface area contributed by atoms with E-state index in [0.29, 0.717) is 5.25 Å². The molecule has 0 aromatic carbocycles. The molecule has 4 nitrogen and oxygen atoms in total. The van der Waals surface area contributed by atoms with E-state index in [0.717, 1.165) is 16.3 Å². The molecule has 0 radical (unpaired) electrons. The SMILES string of the molecule is Cc1nn(C)c(SC2CCCC2)c1C(=N)N. The smallest absolute Gasteiger partial charge is 0.127 e. The normalized spacial score (nSPS) is 16.9. The zero-order valence-electron chi connectivity index (χ0n) is 9.79. The Balaban J connectivity index is 2.27. The fourth-order valence-electron chi connectivity index (χ4n) is 2.25. The van der Waals surface area contributed by atoms with Crippen LogP contribution in [-0.4, -0.2) is 20.9 Å². The van der Waals surface area contributed by atoms with Crippen LogP contribution in [0.2, 0.25) is 0 Å². The molecule has 0 atom stereocenters. The van der Waals surface area contributed by atoms with Crippen LogP contribution in [0.4, 0.5) is 0 Å². The number of hydrogen-bond donors (Lipinski definition) is 2. The number of thioether (sulfide) groups is 1. The van der Waals surface area contributed by atoms with Gasteiger partial charge in [0, 0.05) is 12.3 Å². The minimum absolute atomic E-state index is 0.131. The molecule has 16 heavy (non-hydrogen) atoms. The summed E-state index contributed by atoms with van der Waals surface area (Å²) in [5.74, 6) is 0.131. The van der Waals surface area contributed by atoms with Crippen LogP contribution in [0.25, 0.3) is 0 Å². The van der Waals surface area contributed by atoms with Gasteiger partial charge in [-0.2, -0.15) is 5.10 Å². The molecule has 0 saturated heterocycles. The Labute approximate surface area is 100 Å². The summed E-state index contributed by atoms with van der Waals surface area (Å²) in [7, 11) is 1.93. The van der Waals surface area contributed by atoms with Crippen LogP contribution >= 0.6 is 11.8 Å². The molecule has 1 aromatic heterocycles. The summed E-state index contributed by atoms with van der Waals surface area (Å²) < 4.78 is 1.86. The number of amidine groups is 1. The lowest BCUT2D eigenvalue weighted by atomic mass is 10.2. The molecule has 1 saturated carbocycles. The van der Waals surface area contributed by atoms with Crippen LogP contribution in [-0.2, 0) is 7.05 Å². The Morgan fingerprint density at radius 3 is 2.69 bits per heavy atom. The van der Waals surface area contributed by atoms with E-state index in [1.807, 2.05) is 30.4 Å². The third-order valence-corrected chi connectivity index (χ3v) is 4.52. The first kappa shape index (κ1) is 11.5. The van der Waals surface area contributed by atoms with Gasteiger partial charge >= 0.3 is 0 Å². The quantitative estimate of drug-likeness (QED) is 0.625. The van der Waals surface area contributed by atoms with E-state index >= 15 is 0 Å². The summed E-state index contributed by atoms with van der Waals surface area (Å²) in [6, 6.07) is 0. The second-order valence-electron chi connectivity index (χ2n) is 4.33. The van der Waals surface area contributed by atoms with Gasteiger partial charge in [-0.05, 0) is 19.8 Å². The van der Waals surface area contributed by atoms with E-state index in [1.54, 1.807) is 0 Å². The van der Waals surface area contributed by atoms with Crippen LogP contribution in [0.1, 0.15) is 36.9 Å². The third kappa shape index (κ3) is 2.09. The molecule has 88 valence electrons.